The molecule has 2 heteroatoms. The molecule has 0 aliphatic carbocycles. The van der Waals surface area contributed by atoms with Crippen LogP contribution in [0.3, 0.4) is 0 Å². The Labute approximate surface area is 82.3 Å². The lowest BCUT2D eigenvalue weighted by Gasteiger charge is -2.33. The molecule has 2 unspecified atom stereocenters. The third-order valence-corrected chi connectivity index (χ3v) is 3.06. The van der Waals surface area contributed by atoms with Gasteiger partial charge in [0.2, 0.25) is 0 Å². The molecule has 0 spiro atoms. The molecule has 2 nitrogen and oxygen atoms in total. The fraction of sp³-hybridized carbons (Fsp3) is 1.00. The molecule has 0 amide bonds. The van der Waals surface area contributed by atoms with Gasteiger partial charge in [-0.2, -0.15) is 0 Å². The zero-order chi connectivity index (χ0) is 10.3. The van der Waals surface area contributed by atoms with E-state index in [1.165, 1.54) is 19.3 Å². The Balaban J connectivity index is 3.95. The van der Waals surface area contributed by atoms with E-state index in [0.29, 0.717) is 0 Å². The molecular formula is C11H24O2. The lowest BCUT2D eigenvalue weighted by molar-refractivity contribution is -0.0609. The van der Waals surface area contributed by atoms with Crippen LogP contribution in [0.25, 0.3) is 0 Å². The highest BCUT2D eigenvalue weighted by molar-refractivity contribution is 4.80. The third kappa shape index (κ3) is 4.10. The van der Waals surface area contributed by atoms with E-state index in [0.717, 1.165) is 6.42 Å². The molecule has 0 aliphatic rings. The van der Waals surface area contributed by atoms with Crippen LogP contribution in [-0.4, -0.2) is 24.4 Å². The number of rotatable bonds is 7. The van der Waals surface area contributed by atoms with Crippen LogP contribution in [0.15, 0.2) is 0 Å². The van der Waals surface area contributed by atoms with Crippen LogP contribution in [0.1, 0.15) is 46.5 Å². The van der Waals surface area contributed by atoms with Gasteiger partial charge in [-0.1, -0.05) is 33.1 Å². The molecule has 0 rings (SSSR count). The number of hydrogen-bond acceptors (Lipinski definition) is 2. The van der Waals surface area contributed by atoms with Crippen molar-refractivity contribution in [1.29, 1.82) is 0 Å². The van der Waals surface area contributed by atoms with Gasteiger partial charge < -0.3 is 9.84 Å². The average molecular weight is 188 g/mol. The summed E-state index contributed by atoms with van der Waals surface area (Å²) in [6.45, 7) is 6.52. The zero-order valence-electron chi connectivity index (χ0n) is 9.47. The van der Waals surface area contributed by atoms with Crippen molar-refractivity contribution in [3.05, 3.63) is 0 Å². The molecule has 13 heavy (non-hydrogen) atoms. The van der Waals surface area contributed by atoms with Crippen molar-refractivity contribution in [3.63, 3.8) is 0 Å². The van der Waals surface area contributed by atoms with Gasteiger partial charge in [0, 0.05) is 19.6 Å². The molecule has 0 bridgehead atoms. The van der Waals surface area contributed by atoms with Gasteiger partial charge in [-0.15, -0.1) is 0 Å². The monoisotopic (exact) mass is 188 g/mol. The van der Waals surface area contributed by atoms with Crippen LogP contribution in [0.4, 0.5) is 0 Å². The summed E-state index contributed by atoms with van der Waals surface area (Å²) in [6, 6.07) is 0. The summed E-state index contributed by atoms with van der Waals surface area (Å²) in [4.78, 5) is 0. The smallest absolute Gasteiger partial charge is 0.0698 e. The number of hydrogen-bond donors (Lipinski definition) is 1. The fourth-order valence-electron chi connectivity index (χ4n) is 1.47. The van der Waals surface area contributed by atoms with Crippen LogP contribution in [0.2, 0.25) is 0 Å². The number of aliphatic hydroxyl groups excluding tert-OH is 1. The molecule has 0 aliphatic heterocycles. The first-order valence-electron chi connectivity index (χ1n) is 5.26. The van der Waals surface area contributed by atoms with E-state index >= 15 is 0 Å². The summed E-state index contributed by atoms with van der Waals surface area (Å²) < 4.78 is 5.48. The number of aliphatic hydroxyl groups is 1. The molecular weight excluding hydrogens is 164 g/mol. The largest absolute Gasteiger partial charge is 0.396 e. The summed E-state index contributed by atoms with van der Waals surface area (Å²) in [7, 11) is 1.73. The van der Waals surface area contributed by atoms with Gasteiger partial charge in [0.1, 0.15) is 0 Å². The van der Waals surface area contributed by atoms with E-state index in [-0.39, 0.29) is 18.1 Å². The molecule has 0 fully saturated rings. The van der Waals surface area contributed by atoms with Crippen molar-refractivity contribution in [1.82, 2.24) is 0 Å². The summed E-state index contributed by atoms with van der Waals surface area (Å²) >= 11 is 0. The van der Waals surface area contributed by atoms with Crippen LogP contribution < -0.4 is 0 Å². The minimum absolute atomic E-state index is 0.149. The van der Waals surface area contributed by atoms with Crippen molar-refractivity contribution in [2.45, 2.75) is 52.1 Å². The molecule has 1 N–H and O–H groups in total. The highest BCUT2D eigenvalue weighted by atomic mass is 16.5. The van der Waals surface area contributed by atoms with E-state index in [1.807, 2.05) is 6.92 Å². The van der Waals surface area contributed by atoms with Gasteiger partial charge in [-0.05, 0) is 13.3 Å². The van der Waals surface area contributed by atoms with Crippen molar-refractivity contribution < 1.29 is 9.84 Å². The maximum atomic E-state index is 9.08. The van der Waals surface area contributed by atoms with E-state index in [2.05, 4.69) is 13.8 Å². The maximum Gasteiger partial charge on any atom is 0.0698 e. The summed E-state index contributed by atoms with van der Waals surface area (Å²) in [5.74, 6) is 0.217. The first-order valence-corrected chi connectivity index (χ1v) is 5.26. The molecule has 0 heterocycles. The standard InChI is InChI=1S/C11H24O2/c1-5-6-7-8-11(3,13-4)10(2)9-12/h10,12H,5-9H2,1-4H3. The first kappa shape index (κ1) is 12.9. The average Bonchev–Trinajstić information content (AvgIpc) is 2.16. The Hall–Kier alpha value is -0.0800. The van der Waals surface area contributed by atoms with Gasteiger partial charge in [0.05, 0.1) is 5.60 Å². The van der Waals surface area contributed by atoms with Crippen LogP contribution >= 0.6 is 0 Å². The maximum absolute atomic E-state index is 9.08. The summed E-state index contributed by atoms with van der Waals surface area (Å²) in [5.41, 5.74) is -0.149. The van der Waals surface area contributed by atoms with Gasteiger partial charge in [0.25, 0.3) is 0 Å². The van der Waals surface area contributed by atoms with E-state index in [4.69, 9.17) is 9.84 Å². The van der Waals surface area contributed by atoms with Gasteiger partial charge in [-0.25, -0.2) is 0 Å². The highest BCUT2D eigenvalue weighted by Gasteiger charge is 2.29. The van der Waals surface area contributed by atoms with Crippen LogP contribution in [0, 0.1) is 5.92 Å². The number of ether oxygens (including phenoxy) is 1. The van der Waals surface area contributed by atoms with Crippen molar-refractivity contribution >= 4 is 0 Å². The fourth-order valence-corrected chi connectivity index (χ4v) is 1.47. The highest BCUT2D eigenvalue weighted by Crippen LogP contribution is 2.26. The normalized spacial score (nSPS) is 18.2. The Morgan fingerprint density at radius 3 is 2.38 bits per heavy atom. The topological polar surface area (TPSA) is 29.5 Å². The van der Waals surface area contributed by atoms with Gasteiger partial charge in [-0.3, -0.25) is 0 Å². The summed E-state index contributed by atoms with van der Waals surface area (Å²) in [6.07, 6.45) is 4.70. The molecule has 0 radical (unpaired) electrons. The molecule has 0 saturated carbocycles. The minimum Gasteiger partial charge on any atom is -0.396 e. The number of methoxy groups -OCH3 is 1. The molecule has 80 valence electrons. The second-order valence-electron chi connectivity index (χ2n) is 4.06. The molecule has 2 atom stereocenters. The Kier molecular flexibility index (Phi) is 6.35. The summed E-state index contributed by atoms with van der Waals surface area (Å²) in [5, 5.41) is 9.08. The first-order chi connectivity index (χ1) is 6.10. The van der Waals surface area contributed by atoms with Crippen LogP contribution in [-0.2, 0) is 4.74 Å². The van der Waals surface area contributed by atoms with Gasteiger partial charge >= 0.3 is 0 Å². The molecule has 0 saturated heterocycles. The zero-order valence-corrected chi connectivity index (χ0v) is 9.47. The predicted molar refractivity (Wildman–Crippen MR) is 55.8 cm³/mol. The quantitative estimate of drug-likeness (QED) is 0.622. The van der Waals surface area contributed by atoms with Crippen LogP contribution in [0.5, 0.6) is 0 Å². The Morgan fingerprint density at radius 2 is 2.00 bits per heavy atom. The Morgan fingerprint density at radius 1 is 1.38 bits per heavy atom. The SMILES string of the molecule is CCCCCC(C)(OC)C(C)CO. The van der Waals surface area contributed by atoms with E-state index in [9.17, 15) is 0 Å². The lowest BCUT2D eigenvalue weighted by Crippen LogP contribution is -2.37. The second-order valence-corrected chi connectivity index (χ2v) is 4.06. The third-order valence-electron chi connectivity index (χ3n) is 3.06. The number of unbranched alkanes of at least 4 members (excludes halogenated alkanes) is 2. The Bertz CT molecular complexity index is 125. The molecule has 0 aromatic heterocycles. The van der Waals surface area contributed by atoms with Crippen molar-refractivity contribution in [2.75, 3.05) is 13.7 Å². The molecule has 0 aromatic carbocycles. The molecule has 0 aromatic rings. The second kappa shape index (κ2) is 6.39. The van der Waals surface area contributed by atoms with Crippen molar-refractivity contribution in [3.8, 4) is 0 Å². The lowest BCUT2D eigenvalue weighted by atomic mass is 9.86. The van der Waals surface area contributed by atoms with E-state index in [1.54, 1.807) is 7.11 Å². The van der Waals surface area contributed by atoms with Gasteiger partial charge in [0.15, 0.2) is 0 Å². The minimum atomic E-state index is -0.149. The van der Waals surface area contributed by atoms with E-state index < -0.39 is 0 Å². The van der Waals surface area contributed by atoms with Crippen molar-refractivity contribution in [2.24, 2.45) is 5.92 Å². The predicted octanol–water partition coefficient (Wildman–Crippen LogP) is 2.60.